The molecule has 0 bridgehead atoms. The molecule has 0 aliphatic rings. The van der Waals surface area contributed by atoms with E-state index in [-0.39, 0.29) is 6.42 Å². The first kappa shape index (κ1) is 9.50. The van der Waals surface area contributed by atoms with Crippen molar-refractivity contribution in [1.29, 1.82) is 5.26 Å². The van der Waals surface area contributed by atoms with Gasteiger partial charge in [-0.2, -0.15) is 5.26 Å². The molecule has 0 radical (unpaired) electrons. The van der Waals surface area contributed by atoms with Crippen LogP contribution in [0.5, 0.6) is 0 Å². The SMILES string of the molecule is N#CC[C@@H](O)C=Cc1ccccc1. The second kappa shape index (κ2) is 5.13. The zero-order chi connectivity index (χ0) is 9.52. The molecule has 13 heavy (non-hydrogen) atoms. The van der Waals surface area contributed by atoms with Crippen molar-refractivity contribution in [3.8, 4) is 6.07 Å². The molecule has 0 aliphatic carbocycles. The lowest BCUT2D eigenvalue weighted by Gasteiger charge is -1.97. The number of hydrogen-bond acceptors (Lipinski definition) is 2. The molecule has 0 unspecified atom stereocenters. The quantitative estimate of drug-likeness (QED) is 0.759. The smallest absolute Gasteiger partial charge is 0.0854 e. The van der Waals surface area contributed by atoms with Crippen molar-refractivity contribution in [3.63, 3.8) is 0 Å². The molecular formula is C11H11NO. The first-order valence-electron chi connectivity index (χ1n) is 4.11. The lowest BCUT2D eigenvalue weighted by molar-refractivity contribution is 0.229. The first-order valence-corrected chi connectivity index (χ1v) is 4.11. The zero-order valence-electron chi connectivity index (χ0n) is 7.22. The van der Waals surface area contributed by atoms with E-state index in [2.05, 4.69) is 0 Å². The molecule has 0 fully saturated rings. The van der Waals surface area contributed by atoms with Gasteiger partial charge in [0.05, 0.1) is 18.6 Å². The van der Waals surface area contributed by atoms with E-state index < -0.39 is 6.10 Å². The predicted octanol–water partition coefficient (Wildman–Crippen LogP) is 1.97. The van der Waals surface area contributed by atoms with Gasteiger partial charge in [0.15, 0.2) is 0 Å². The molecule has 2 heteroatoms. The summed E-state index contributed by atoms with van der Waals surface area (Å²) in [5.74, 6) is 0. The van der Waals surface area contributed by atoms with Crippen LogP contribution in [0.1, 0.15) is 12.0 Å². The lowest BCUT2D eigenvalue weighted by atomic mass is 10.2. The van der Waals surface area contributed by atoms with Gasteiger partial charge in [0.25, 0.3) is 0 Å². The van der Waals surface area contributed by atoms with Crippen molar-refractivity contribution < 1.29 is 5.11 Å². The third-order valence-electron chi connectivity index (χ3n) is 1.61. The van der Waals surface area contributed by atoms with Crippen molar-refractivity contribution in [2.75, 3.05) is 0 Å². The van der Waals surface area contributed by atoms with Crippen LogP contribution in [0.3, 0.4) is 0 Å². The minimum absolute atomic E-state index is 0.142. The lowest BCUT2D eigenvalue weighted by Crippen LogP contribution is -1.98. The van der Waals surface area contributed by atoms with E-state index in [9.17, 15) is 5.11 Å². The molecule has 1 aromatic carbocycles. The highest BCUT2D eigenvalue weighted by Crippen LogP contribution is 2.02. The Morgan fingerprint density at radius 1 is 1.38 bits per heavy atom. The van der Waals surface area contributed by atoms with Crippen LogP contribution in [0.4, 0.5) is 0 Å². The highest BCUT2D eigenvalue weighted by atomic mass is 16.3. The average Bonchev–Trinajstić information content (AvgIpc) is 2.17. The maximum atomic E-state index is 9.20. The van der Waals surface area contributed by atoms with Crippen molar-refractivity contribution >= 4 is 6.08 Å². The molecule has 0 amide bonds. The molecule has 66 valence electrons. The van der Waals surface area contributed by atoms with Gasteiger partial charge in [-0.15, -0.1) is 0 Å². The Bertz CT molecular complexity index is 311. The van der Waals surface area contributed by atoms with Crippen LogP contribution in [0.15, 0.2) is 36.4 Å². The summed E-state index contributed by atoms with van der Waals surface area (Å²) >= 11 is 0. The Kier molecular flexibility index (Phi) is 3.74. The predicted molar refractivity (Wildman–Crippen MR) is 51.7 cm³/mol. The van der Waals surface area contributed by atoms with E-state index in [0.717, 1.165) is 5.56 Å². The van der Waals surface area contributed by atoms with Crippen LogP contribution in [0, 0.1) is 11.3 Å². The van der Waals surface area contributed by atoms with Gasteiger partial charge in [-0.25, -0.2) is 0 Å². The molecule has 0 saturated heterocycles. The Labute approximate surface area is 77.8 Å². The van der Waals surface area contributed by atoms with Gasteiger partial charge in [0.1, 0.15) is 0 Å². The van der Waals surface area contributed by atoms with E-state index in [0.29, 0.717) is 0 Å². The third kappa shape index (κ3) is 3.55. The fourth-order valence-electron chi connectivity index (χ4n) is 0.948. The maximum absolute atomic E-state index is 9.20. The molecule has 0 spiro atoms. The highest BCUT2D eigenvalue weighted by molar-refractivity contribution is 5.49. The summed E-state index contributed by atoms with van der Waals surface area (Å²) in [6.45, 7) is 0. The molecule has 1 N–H and O–H groups in total. The minimum atomic E-state index is -0.662. The van der Waals surface area contributed by atoms with Crippen LogP contribution in [0.25, 0.3) is 6.08 Å². The standard InChI is InChI=1S/C11H11NO/c12-9-8-11(13)7-6-10-4-2-1-3-5-10/h1-7,11,13H,8H2/t11-/m0/s1. The van der Waals surface area contributed by atoms with Gasteiger partial charge < -0.3 is 5.11 Å². The molecule has 1 atom stereocenters. The molecule has 0 heterocycles. The number of rotatable bonds is 3. The molecule has 1 aromatic rings. The summed E-state index contributed by atoms with van der Waals surface area (Å²) in [6.07, 6.45) is 2.91. The van der Waals surface area contributed by atoms with Crippen LogP contribution < -0.4 is 0 Å². The van der Waals surface area contributed by atoms with Gasteiger partial charge in [-0.05, 0) is 5.56 Å². The molecule has 0 aromatic heterocycles. The summed E-state index contributed by atoms with van der Waals surface area (Å²) in [6, 6.07) is 11.6. The summed E-state index contributed by atoms with van der Waals surface area (Å²) in [5.41, 5.74) is 1.03. The van der Waals surface area contributed by atoms with Gasteiger partial charge >= 0.3 is 0 Å². The number of aliphatic hydroxyl groups is 1. The number of aliphatic hydroxyl groups excluding tert-OH is 1. The summed E-state index contributed by atoms with van der Waals surface area (Å²) in [4.78, 5) is 0. The second-order valence-corrected chi connectivity index (χ2v) is 2.70. The zero-order valence-corrected chi connectivity index (χ0v) is 7.22. The fourth-order valence-corrected chi connectivity index (χ4v) is 0.948. The topological polar surface area (TPSA) is 44.0 Å². The molecule has 0 aliphatic heterocycles. The summed E-state index contributed by atoms with van der Waals surface area (Å²) in [5, 5.41) is 17.5. The minimum Gasteiger partial charge on any atom is -0.388 e. The number of benzene rings is 1. The van der Waals surface area contributed by atoms with Gasteiger partial charge in [0, 0.05) is 0 Å². The van der Waals surface area contributed by atoms with Crippen molar-refractivity contribution in [2.24, 2.45) is 0 Å². The Hall–Kier alpha value is -1.59. The van der Waals surface area contributed by atoms with E-state index in [1.165, 1.54) is 0 Å². The van der Waals surface area contributed by atoms with Gasteiger partial charge in [0.2, 0.25) is 0 Å². The number of hydrogen-bond donors (Lipinski definition) is 1. The molecular weight excluding hydrogens is 162 g/mol. The summed E-state index contributed by atoms with van der Waals surface area (Å²) in [7, 11) is 0. The normalized spacial score (nSPS) is 12.6. The first-order chi connectivity index (χ1) is 6.33. The van der Waals surface area contributed by atoms with Crippen LogP contribution in [-0.2, 0) is 0 Å². The fraction of sp³-hybridized carbons (Fsp3) is 0.182. The van der Waals surface area contributed by atoms with E-state index in [1.807, 2.05) is 42.5 Å². The highest BCUT2D eigenvalue weighted by Gasteiger charge is 1.95. The average molecular weight is 173 g/mol. The number of nitrogens with zero attached hydrogens (tertiary/aromatic N) is 1. The number of nitriles is 1. The maximum Gasteiger partial charge on any atom is 0.0854 e. The Morgan fingerprint density at radius 3 is 2.69 bits per heavy atom. The molecule has 1 rings (SSSR count). The second-order valence-electron chi connectivity index (χ2n) is 2.70. The molecule has 2 nitrogen and oxygen atoms in total. The van der Waals surface area contributed by atoms with E-state index in [4.69, 9.17) is 5.26 Å². The van der Waals surface area contributed by atoms with Crippen molar-refractivity contribution in [3.05, 3.63) is 42.0 Å². The van der Waals surface area contributed by atoms with Crippen molar-refractivity contribution in [1.82, 2.24) is 0 Å². The van der Waals surface area contributed by atoms with Crippen LogP contribution in [0.2, 0.25) is 0 Å². The van der Waals surface area contributed by atoms with Gasteiger partial charge in [-0.1, -0.05) is 42.5 Å². The molecule has 0 saturated carbocycles. The van der Waals surface area contributed by atoms with E-state index >= 15 is 0 Å². The summed E-state index contributed by atoms with van der Waals surface area (Å²) < 4.78 is 0. The van der Waals surface area contributed by atoms with Gasteiger partial charge in [-0.3, -0.25) is 0 Å². The van der Waals surface area contributed by atoms with E-state index in [1.54, 1.807) is 6.08 Å². The largest absolute Gasteiger partial charge is 0.388 e. The third-order valence-corrected chi connectivity index (χ3v) is 1.61. The van der Waals surface area contributed by atoms with Crippen LogP contribution >= 0.6 is 0 Å². The Morgan fingerprint density at radius 2 is 2.08 bits per heavy atom. The Balaban J connectivity index is 2.55. The monoisotopic (exact) mass is 173 g/mol. The van der Waals surface area contributed by atoms with Crippen molar-refractivity contribution in [2.45, 2.75) is 12.5 Å². The van der Waals surface area contributed by atoms with Crippen LogP contribution in [-0.4, -0.2) is 11.2 Å².